The number of ether oxygens (including phenoxy) is 1. The topological polar surface area (TPSA) is 87.3 Å². The first-order chi connectivity index (χ1) is 13.3. The van der Waals surface area contributed by atoms with Crippen molar-refractivity contribution < 1.29 is 14.3 Å². The minimum absolute atomic E-state index is 0.0164. The van der Waals surface area contributed by atoms with Crippen molar-refractivity contribution >= 4 is 63.3 Å². The maximum absolute atomic E-state index is 12.7. The summed E-state index contributed by atoms with van der Waals surface area (Å²) < 4.78 is 4.74. The smallest absolute Gasteiger partial charge is 0.349 e. The molecule has 7 nitrogen and oxygen atoms in total. The van der Waals surface area contributed by atoms with Gasteiger partial charge >= 0.3 is 5.97 Å². The van der Waals surface area contributed by atoms with Crippen molar-refractivity contribution in [3.05, 3.63) is 32.5 Å². The molecule has 152 valence electrons. The van der Waals surface area contributed by atoms with Gasteiger partial charge in [-0.15, -0.1) is 0 Å². The third-order valence-corrected chi connectivity index (χ3v) is 7.68. The van der Waals surface area contributed by atoms with Gasteiger partial charge in [-0.25, -0.2) is 9.78 Å². The van der Waals surface area contributed by atoms with E-state index in [0.717, 1.165) is 11.6 Å². The van der Waals surface area contributed by atoms with Crippen LogP contribution in [0.15, 0.2) is 6.20 Å². The second kappa shape index (κ2) is 8.94. The molecule has 2 N–H and O–H groups in total. The number of hydrogen-bond acceptors (Lipinski definition) is 7. The summed E-state index contributed by atoms with van der Waals surface area (Å²) in [7, 11) is 1.35. The van der Waals surface area contributed by atoms with Gasteiger partial charge in [0.1, 0.15) is 10.6 Å². The zero-order valence-electron chi connectivity index (χ0n) is 15.5. The van der Waals surface area contributed by atoms with Gasteiger partial charge in [-0.05, 0) is 19.6 Å². The summed E-state index contributed by atoms with van der Waals surface area (Å²) >= 11 is 15.2. The van der Waals surface area contributed by atoms with E-state index in [1.807, 2.05) is 6.26 Å². The molecule has 0 saturated carbocycles. The van der Waals surface area contributed by atoms with Gasteiger partial charge in [-0.3, -0.25) is 4.79 Å². The van der Waals surface area contributed by atoms with E-state index in [1.54, 1.807) is 18.7 Å². The van der Waals surface area contributed by atoms with Gasteiger partial charge in [0.25, 0.3) is 5.91 Å². The van der Waals surface area contributed by atoms with Crippen molar-refractivity contribution in [1.29, 1.82) is 0 Å². The van der Waals surface area contributed by atoms with Gasteiger partial charge in [0, 0.05) is 30.1 Å². The van der Waals surface area contributed by atoms with Crippen LogP contribution in [-0.4, -0.2) is 59.6 Å². The molecule has 3 rings (SSSR count). The number of carbonyl (C=O) groups excluding carboxylic acids is 2. The van der Waals surface area contributed by atoms with E-state index in [4.69, 9.17) is 27.9 Å². The first-order valence-electron chi connectivity index (χ1n) is 8.52. The Morgan fingerprint density at radius 2 is 2.18 bits per heavy atom. The summed E-state index contributed by atoms with van der Waals surface area (Å²) in [4.78, 5) is 34.2. The number of aromatic nitrogens is 2. The predicted octanol–water partition coefficient (Wildman–Crippen LogP) is 3.61. The summed E-state index contributed by atoms with van der Waals surface area (Å²) in [5.41, 5.74) is 0.951. The maximum atomic E-state index is 12.7. The number of anilines is 1. The number of rotatable bonds is 5. The second-order valence-corrected chi connectivity index (χ2v) is 9.18. The molecule has 28 heavy (non-hydrogen) atoms. The quantitative estimate of drug-likeness (QED) is 0.659. The van der Waals surface area contributed by atoms with E-state index in [2.05, 4.69) is 20.2 Å². The number of methoxy groups -OCH3 is 1. The molecule has 0 radical (unpaired) electrons. The molecule has 2 unspecified atom stereocenters. The summed E-state index contributed by atoms with van der Waals surface area (Å²) in [6.45, 7) is 3.19. The molecule has 3 heterocycles. The lowest BCUT2D eigenvalue weighted by Crippen LogP contribution is -2.53. The number of carbonyl (C=O) groups is 2. The van der Waals surface area contributed by atoms with Crippen molar-refractivity contribution in [1.82, 2.24) is 15.3 Å². The van der Waals surface area contributed by atoms with Crippen LogP contribution in [0.1, 0.15) is 32.3 Å². The SMILES string of the molecule is COC(=O)c1cnc(N2CCC(NC(=O)c3[nH]c(C)c(Cl)c3Cl)C(SC)C2)s1. The van der Waals surface area contributed by atoms with Gasteiger partial charge in [0.2, 0.25) is 0 Å². The van der Waals surface area contributed by atoms with E-state index < -0.39 is 0 Å². The fraction of sp³-hybridized carbons (Fsp3) is 0.471. The minimum atomic E-state index is -0.385. The average Bonchev–Trinajstić information content (AvgIpc) is 3.29. The Hall–Kier alpha value is -1.42. The second-order valence-electron chi connectivity index (χ2n) is 6.34. The lowest BCUT2D eigenvalue weighted by Gasteiger charge is -2.38. The molecule has 0 spiro atoms. The van der Waals surface area contributed by atoms with Gasteiger partial charge in [-0.2, -0.15) is 11.8 Å². The molecule has 0 bridgehead atoms. The number of amides is 1. The van der Waals surface area contributed by atoms with E-state index in [1.165, 1.54) is 24.6 Å². The molecule has 0 aromatic carbocycles. The Morgan fingerprint density at radius 1 is 1.43 bits per heavy atom. The molecular weight excluding hydrogens is 443 g/mol. The highest BCUT2D eigenvalue weighted by atomic mass is 35.5. The lowest BCUT2D eigenvalue weighted by molar-refractivity contribution is 0.0606. The Balaban J connectivity index is 1.67. The van der Waals surface area contributed by atoms with E-state index in [0.29, 0.717) is 28.7 Å². The normalized spacial score (nSPS) is 19.5. The zero-order valence-corrected chi connectivity index (χ0v) is 18.7. The number of aromatic amines is 1. The minimum Gasteiger partial charge on any atom is -0.465 e. The number of esters is 1. The molecular formula is C17H20Cl2N4O3S2. The number of thiazole rings is 1. The van der Waals surface area contributed by atoms with Gasteiger partial charge in [0.15, 0.2) is 5.13 Å². The third-order valence-electron chi connectivity index (χ3n) is 4.61. The van der Waals surface area contributed by atoms with Crippen molar-refractivity contribution in [2.24, 2.45) is 0 Å². The largest absolute Gasteiger partial charge is 0.465 e. The molecule has 11 heteroatoms. The molecule has 1 fully saturated rings. The summed E-state index contributed by atoms with van der Waals surface area (Å²) in [6, 6.07) is -0.0164. The number of thioether (sulfide) groups is 1. The van der Waals surface area contributed by atoms with Crippen LogP contribution >= 0.6 is 46.3 Å². The molecule has 1 aliphatic heterocycles. The van der Waals surface area contributed by atoms with Crippen LogP contribution in [0.25, 0.3) is 0 Å². The fourth-order valence-electron chi connectivity index (χ4n) is 3.07. The average molecular weight is 463 g/mol. The monoisotopic (exact) mass is 462 g/mol. The first-order valence-corrected chi connectivity index (χ1v) is 11.4. The van der Waals surface area contributed by atoms with Gasteiger partial charge < -0.3 is 19.9 Å². The van der Waals surface area contributed by atoms with Gasteiger partial charge in [-0.1, -0.05) is 34.5 Å². The van der Waals surface area contributed by atoms with E-state index in [9.17, 15) is 9.59 Å². The molecule has 2 aromatic rings. The maximum Gasteiger partial charge on any atom is 0.349 e. The number of halogens is 2. The summed E-state index contributed by atoms with van der Waals surface area (Å²) in [5, 5.41) is 4.62. The van der Waals surface area contributed by atoms with Crippen LogP contribution in [-0.2, 0) is 4.74 Å². The molecule has 1 aliphatic rings. The number of aryl methyl sites for hydroxylation is 1. The highest BCUT2D eigenvalue weighted by molar-refractivity contribution is 7.99. The molecule has 1 saturated heterocycles. The van der Waals surface area contributed by atoms with E-state index >= 15 is 0 Å². The summed E-state index contributed by atoms with van der Waals surface area (Å²) in [6.07, 6.45) is 4.29. The van der Waals surface area contributed by atoms with Gasteiger partial charge in [0.05, 0.1) is 23.4 Å². The lowest BCUT2D eigenvalue weighted by atomic mass is 10.0. The molecule has 2 atom stereocenters. The Labute approximate surface area is 181 Å². The predicted molar refractivity (Wildman–Crippen MR) is 114 cm³/mol. The number of H-pyrrole nitrogens is 1. The van der Waals surface area contributed by atoms with Crippen LogP contribution in [0, 0.1) is 6.92 Å². The van der Waals surface area contributed by atoms with Crippen LogP contribution in [0.5, 0.6) is 0 Å². The Kier molecular flexibility index (Phi) is 6.80. The number of piperidine rings is 1. The zero-order chi connectivity index (χ0) is 20.4. The summed E-state index contributed by atoms with van der Waals surface area (Å²) in [5.74, 6) is -0.649. The van der Waals surface area contributed by atoms with Crippen LogP contribution in [0.2, 0.25) is 10.0 Å². The van der Waals surface area contributed by atoms with Crippen LogP contribution in [0.3, 0.4) is 0 Å². The standard InChI is InChI=1S/C17H20Cl2N4O3S2/c1-8-12(18)13(19)14(21-8)15(24)22-9-4-5-23(7-11(9)27-3)17-20-6-10(28-17)16(25)26-2/h6,9,11,21H,4-5,7H2,1-3H3,(H,22,24). The van der Waals surface area contributed by atoms with Crippen LogP contribution in [0.4, 0.5) is 5.13 Å². The molecule has 2 aromatic heterocycles. The fourth-order valence-corrected chi connectivity index (χ4v) is 5.22. The Bertz CT molecular complexity index is 886. The third kappa shape index (κ3) is 4.27. The number of hydrogen-bond donors (Lipinski definition) is 2. The number of nitrogens with one attached hydrogen (secondary N) is 2. The molecule has 1 amide bonds. The Morgan fingerprint density at radius 3 is 2.79 bits per heavy atom. The van der Waals surface area contributed by atoms with Crippen molar-refractivity contribution in [2.75, 3.05) is 31.4 Å². The van der Waals surface area contributed by atoms with Crippen LogP contribution < -0.4 is 10.2 Å². The van der Waals surface area contributed by atoms with E-state index in [-0.39, 0.29) is 33.9 Å². The molecule has 0 aliphatic carbocycles. The highest BCUT2D eigenvalue weighted by Gasteiger charge is 2.32. The van der Waals surface area contributed by atoms with Crippen molar-refractivity contribution in [2.45, 2.75) is 24.6 Å². The highest BCUT2D eigenvalue weighted by Crippen LogP contribution is 2.31. The van der Waals surface area contributed by atoms with Crippen molar-refractivity contribution in [3.63, 3.8) is 0 Å². The first kappa shape index (κ1) is 21.3. The van der Waals surface area contributed by atoms with Crippen molar-refractivity contribution in [3.8, 4) is 0 Å². The number of nitrogens with zero attached hydrogens (tertiary/aromatic N) is 2.